The van der Waals surface area contributed by atoms with E-state index in [4.69, 9.17) is 25.8 Å². The predicted molar refractivity (Wildman–Crippen MR) is 137 cm³/mol. The van der Waals surface area contributed by atoms with Gasteiger partial charge >= 0.3 is 0 Å². The number of likely N-dealkylation sites (N-methyl/N-ethyl adjacent to an activating group) is 1. The molecule has 2 heterocycles. The largest absolute Gasteiger partial charge is 0.490 e. The highest BCUT2D eigenvalue weighted by Crippen LogP contribution is 2.33. The Morgan fingerprint density at radius 1 is 1.19 bits per heavy atom. The van der Waals surface area contributed by atoms with E-state index in [1.165, 1.54) is 36.4 Å². The van der Waals surface area contributed by atoms with Crippen LogP contribution in [0.15, 0.2) is 47.4 Å². The lowest BCUT2D eigenvalue weighted by molar-refractivity contribution is -0.134. The summed E-state index contributed by atoms with van der Waals surface area (Å²) in [5.41, 5.74) is 0.479. The van der Waals surface area contributed by atoms with Crippen molar-refractivity contribution in [3.05, 3.63) is 53.1 Å². The molecule has 2 amide bonds. The fourth-order valence-corrected chi connectivity index (χ4v) is 5.67. The van der Waals surface area contributed by atoms with Crippen LogP contribution in [-0.4, -0.2) is 77.3 Å². The van der Waals surface area contributed by atoms with Crippen molar-refractivity contribution in [3.63, 3.8) is 0 Å². The summed E-state index contributed by atoms with van der Waals surface area (Å²) in [5.74, 6) is -0.0972. The molecular formula is C25H30ClN3O7S. The first-order chi connectivity index (χ1) is 17.7. The maximum absolute atomic E-state index is 13.4. The Balaban J connectivity index is 1.47. The quantitative estimate of drug-likeness (QED) is 0.483. The van der Waals surface area contributed by atoms with Gasteiger partial charge in [-0.15, -0.1) is 0 Å². The fraction of sp³-hybridized carbons (Fsp3) is 0.440. The number of nitrogens with zero attached hydrogens (tertiary/aromatic N) is 1. The molecule has 0 aromatic heterocycles. The minimum absolute atomic E-state index is 0.0486. The molecule has 1 fully saturated rings. The topological polar surface area (TPSA) is 123 Å². The van der Waals surface area contributed by atoms with E-state index in [0.29, 0.717) is 36.8 Å². The number of sulfonamides is 1. The van der Waals surface area contributed by atoms with Gasteiger partial charge in [0.25, 0.3) is 15.9 Å². The highest BCUT2D eigenvalue weighted by atomic mass is 35.5. The van der Waals surface area contributed by atoms with Crippen LogP contribution < -0.4 is 14.8 Å². The van der Waals surface area contributed by atoms with Crippen LogP contribution in [-0.2, 0) is 24.3 Å². The molecule has 0 spiro atoms. The van der Waals surface area contributed by atoms with Crippen molar-refractivity contribution in [2.75, 3.05) is 38.6 Å². The van der Waals surface area contributed by atoms with Gasteiger partial charge < -0.3 is 24.4 Å². The third-order valence-electron chi connectivity index (χ3n) is 6.43. The third kappa shape index (κ3) is 6.53. The number of amides is 2. The Hall–Kier alpha value is -2.86. The van der Waals surface area contributed by atoms with Gasteiger partial charge in [-0.1, -0.05) is 11.6 Å². The molecule has 12 heteroatoms. The summed E-state index contributed by atoms with van der Waals surface area (Å²) < 4.78 is 45.1. The zero-order chi connectivity index (χ0) is 26.6. The van der Waals surface area contributed by atoms with E-state index in [-0.39, 0.29) is 53.1 Å². The zero-order valence-electron chi connectivity index (χ0n) is 20.6. The van der Waals surface area contributed by atoms with Gasteiger partial charge in [0, 0.05) is 31.4 Å². The number of nitrogens with one attached hydrogen (secondary N) is 2. The Bertz CT molecular complexity index is 1240. The summed E-state index contributed by atoms with van der Waals surface area (Å²) in [6, 6.07) is 10.1. The lowest BCUT2D eigenvalue weighted by Gasteiger charge is -2.42. The second-order valence-corrected chi connectivity index (χ2v) is 11.1. The normalized spacial score (nSPS) is 21.6. The maximum atomic E-state index is 13.4. The van der Waals surface area contributed by atoms with E-state index in [2.05, 4.69) is 10.0 Å². The van der Waals surface area contributed by atoms with E-state index in [1.807, 2.05) is 0 Å². The van der Waals surface area contributed by atoms with Gasteiger partial charge in [-0.25, -0.2) is 8.42 Å². The number of carbonyl (C=O) groups is 2. The standard InChI is InChI=1S/C25H30ClN3O7S/c1-29-21-9-6-18(14-24(30)27-11-12-34-2)36-23(21)15-35-22-10-5-17(13-20(22)25(29)31)28-37(32,33)19-7-3-16(26)4-8-19/h3-5,7-8,10,13,18,21,23,28H,6,9,11-12,14-15H2,1-2H3,(H,27,30)/t18-,21-,23-/m0/s1. The first-order valence-electron chi connectivity index (χ1n) is 11.9. The van der Waals surface area contributed by atoms with Gasteiger partial charge in [-0.2, -0.15) is 0 Å². The Labute approximate surface area is 221 Å². The summed E-state index contributed by atoms with van der Waals surface area (Å²) >= 11 is 5.86. The van der Waals surface area contributed by atoms with Gasteiger partial charge in [0.1, 0.15) is 18.5 Å². The van der Waals surface area contributed by atoms with Gasteiger partial charge in [0.15, 0.2) is 0 Å². The maximum Gasteiger partial charge on any atom is 0.261 e. The van der Waals surface area contributed by atoms with Gasteiger partial charge in [-0.3, -0.25) is 14.3 Å². The molecule has 4 rings (SSSR count). The number of rotatable bonds is 8. The van der Waals surface area contributed by atoms with E-state index in [0.717, 1.165) is 0 Å². The van der Waals surface area contributed by atoms with E-state index in [9.17, 15) is 18.0 Å². The zero-order valence-corrected chi connectivity index (χ0v) is 22.2. The number of halogens is 1. The number of carbonyl (C=O) groups excluding carboxylic acids is 2. The first kappa shape index (κ1) is 27.2. The summed E-state index contributed by atoms with van der Waals surface area (Å²) in [7, 11) is -0.614. The molecule has 200 valence electrons. The van der Waals surface area contributed by atoms with Crippen LogP contribution in [0.5, 0.6) is 5.75 Å². The van der Waals surface area contributed by atoms with Crippen LogP contribution in [0.1, 0.15) is 29.6 Å². The monoisotopic (exact) mass is 551 g/mol. The highest BCUT2D eigenvalue weighted by Gasteiger charge is 2.39. The highest BCUT2D eigenvalue weighted by molar-refractivity contribution is 7.92. The Kier molecular flexibility index (Phi) is 8.58. The van der Waals surface area contributed by atoms with Crippen molar-refractivity contribution in [2.45, 2.75) is 42.4 Å². The molecule has 2 aliphatic rings. The van der Waals surface area contributed by atoms with Crippen molar-refractivity contribution in [1.82, 2.24) is 10.2 Å². The molecule has 0 unspecified atom stereocenters. The lowest BCUT2D eigenvalue weighted by atomic mass is 9.94. The van der Waals surface area contributed by atoms with E-state index >= 15 is 0 Å². The van der Waals surface area contributed by atoms with Gasteiger partial charge in [-0.05, 0) is 55.3 Å². The molecule has 0 aliphatic carbocycles. The van der Waals surface area contributed by atoms with Crippen molar-refractivity contribution in [2.24, 2.45) is 0 Å². The molecule has 2 aromatic carbocycles. The van der Waals surface area contributed by atoms with Crippen LogP contribution >= 0.6 is 11.6 Å². The van der Waals surface area contributed by atoms with E-state index in [1.54, 1.807) is 25.1 Å². The van der Waals surface area contributed by atoms with Crippen molar-refractivity contribution < 1.29 is 32.2 Å². The number of ether oxygens (including phenoxy) is 3. The van der Waals surface area contributed by atoms with Crippen molar-refractivity contribution in [3.8, 4) is 5.75 Å². The second kappa shape index (κ2) is 11.7. The summed E-state index contributed by atoms with van der Waals surface area (Å²) in [6.45, 7) is 1.06. The van der Waals surface area contributed by atoms with Gasteiger partial charge in [0.05, 0.1) is 35.6 Å². The summed E-state index contributed by atoms with van der Waals surface area (Å²) in [6.07, 6.45) is 0.794. The van der Waals surface area contributed by atoms with Crippen LogP contribution in [0.4, 0.5) is 5.69 Å². The van der Waals surface area contributed by atoms with E-state index < -0.39 is 16.1 Å². The van der Waals surface area contributed by atoms with Crippen LogP contribution in [0.25, 0.3) is 0 Å². The average molecular weight is 552 g/mol. The minimum atomic E-state index is -3.88. The number of anilines is 1. The SMILES string of the molecule is COCCNC(=O)C[C@@H]1CC[C@H]2[C@H](COc3ccc(NS(=O)(=O)c4ccc(Cl)cc4)cc3C(=O)N2C)O1. The molecule has 3 atom stereocenters. The Morgan fingerprint density at radius 3 is 2.68 bits per heavy atom. The molecule has 0 saturated carbocycles. The summed E-state index contributed by atoms with van der Waals surface area (Å²) in [4.78, 5) is 27.2. The average Bonchev–Trinajstić information content (AvgIpc) is 2.87. The molecule has 2 N–H and O–H groups in total. The smallest absolute Gasteiger partial charge is 0.261 e. The molecular weight excluding hydrogens is 522 g/mol. The molecule has 0 bridgehead atoms. The molecule has 37 heavy (non-hydrogen) atoms. The van der Waals surface area contributed by atoms with Crippen LogP contribution in [0, 0.1) is 0 Å². The molecule has 0 radical (unpaired) electrons. The van der Waals surface area contributed by atoms with Gasteiger partial charge in [0.2, 0.25) is 5.91 Å². The molecule has 10 nitrogen and oxygen atoms in total. The first-order valence-corrected chi connectivity index (χ1v) is 13.8. The second-order valence-electron chi connectivity index (χ2n) is 8.99. The molecule has 1 saturated heterocycles. The minimum Gasteiger partial charge on any atom is -0.490 e. The molecule has 2 aromatic rings. The lowest BCUT2D eigenvalue weighted by Crippen LogP contribution is -2.54. The predicted octanol–water partition coefficient (Wildman–Crippen LogP) is 2.67. The number of hydrogen-bond acceptors (Lipinski definition) is 7. The number of fused-ring (bicyclic) bond motifs is 2. The third-order valence-corrected chi connectivity index (χ3v) is 8.08. The van der Waals surface area contributed by atoms with Crippen molar-refractivity contribution in [1.29, 1.82) is 0 Å². The number of benzene rings is 2. The van der Waals surface area contributed by atoms with Crippen LogP contribution in [0.3, 0.4) is 0 Å². The number of hydrogen-bond donors (Lipinski definition) is 2. The fourth-order valence-electron chi connectivity index (χ4n) is 4.49. The summed E-state index contributed by atoms with van der Waals surface area (Å²) in [5, 5.41) is 3.22. The van der Waals surface area contributed by atoms with Crippen molar-refractivity contribution >= 4 is 39.1 Å². The molecule has 2 aliphatic heterocycles. The number of methoxy groups -OCH3 is 1. The Morgan fingerprint density at radius 2 is 1.95 bits per heavy atom. The van der Waals surface area contributed by atoms with Crippen LogP contribution in [0.2, 0.25) is 5.02 Å².